The molecular formula is C24H22N6O2. The summed E-state index contributed by atoms with van der Waals surface area (Å²) >= 11 is 0. The van der Waals surface area contributed by atoms with Gasteiger partial charge >= 0.3 is 0 Å². The Labute approximate surface area is 184 Å². The van der Waals surface area contributed by atoms with Crippen molar-refractivity contribution in [2.45, 2.75) is 12.5 Å². The third-order valence-corrected chi connectivity index (χ3v) is 5.08. The number of hydrogen-bond donors (Lipinski definition) is 4. The average molecular weight is 426 g/mol. The highest BCUT2D eigenvalue weighted by Crippen LogP contribution is 2.27. The fourth-order valence-corrected chi connectivity index (χ4v) is 3.63. The van der Waals surface area contributed by atoms with Crippen LogP contribution < -0.4 is 16.4 Å². The van der Waals surface area contributed by atoms with E-state index in [-0.39, 0.29) is 17.9 Å². The van der Waals surface area contributed by atoms with Crippen molar-refractivity contribution in [3.05, 3.63) is 90.3 Å². The fourth-order valence-electron chi connectivity index (χ4n) is 3.63. The predicted molar refractivity (Wildman–Crippen MR) is 125 cm³/mol. The van der Waals surface area contributed by atoms with Crippen molar-refractivity contribution < 1.29 is 9.59 Å². The Hall–Kier alpha value is -4.46. The van der Waals surface area contributed by atoms with Crippen molar-refractivity contribution >= 4 is 40.6 Å². The molecule has 0 radical (unpaired) electrons. The van der Waals surface area contributed by atoms with Crippen molar-refractivity contribution in [1.82, 2.24) is 9.55 Å². The van der Waals surface area contributed by atoms with E-state index in [0.29, 0.717) is 23.4 Å². The molecule has 0 aliphatic carbocycles. The first-order valence-electron chi connectivity index (χ1n) is 10.0. The number of nitrogens with zero attached hydrogens (tertiary/aromatic N) is 2. The predicted octanol–water partition coefficient (Wildman–Crippen LogP) is 3.77. The number of carbonyl (C=O) groups excluding carboxylic acids is 2. The van der Waals surface area contributed by atoms with Gasteiger partial charge in [-0.05, 0) is 42.0 Å². The summed E-state index contributed by atoms with van der Waals surface area (Å²) in [6.07, 6.45) is 2.92. The summed E-state index contributed by atoms with van der Waals surface area (Å²) < 4.78 is 1.95. The summed E-state index contributed by atoms with van der Waals surface area (Å²) in [5, 5.41) is 12.9. The number of nitrogens with one attached hydrogen (secondary N) is 3. The summed E-state index contributed by atoms with van der Waals surface area (Å²) in [6.45, 7) is 0. The molecule has 4 rings (SSSR count). The minimum atomic E-state index is -0.296. The average Bonchev–Trinajstić information content (AvgIpc) is 3.21. The number of hydrogen-bond acceptors (Lipinski definition) is 4. The molecule has 1 heterocycles. The number of aldehydes is 1. The Morgan fingerprint density at radius 2 is 1.81 bits per heavy atom. The first kappa shape index (κ1) is 20.8. The highest BCUT2D eigenvalue weighted by molar-refractivity contribution is 6.06. The van der Waals surface area contributed by atoms with Crippen molar-refractivity contribution in [2.75, 3.05) is 10.6 Å². The molecule has 5 N–H and O–H groups in total. The molecule has 8 heteroatoms. The smallest absolute Gasteiger partial charge is 0.255 e. The van der Waals surface area contributed by atoms with Crippen LogP contribution in [0.2, 0.25) is 0 Å². The van der Waals surface area contributed by atoms with Gasteiger partial charge in [0.15, 0.2) is 5.96 Å². The van der Waals surface area contributed by atoms with Crippen molar-refractivity contribution in [3.63, 3.8) is 0 Å². The highest BCUT2D eigenvalue weighted by atomic mass is 16.1. The summed E-state index contributed by atoms with van der Waals surface area (Å²) in [6, 6.07) is 21.8. The third-order valence-electron chi connectivity index (χ3n) is 5.08. The lowest BCUT2D eigenvalue weighted by atomic mass is 10.0. The minimum Gasteiger partial charge on any atom is -0.370 e. The largest absolute Gasteiger partial charge is 0.370 e. The number of aromatic nitrogens is 2. The molecule has 8 nitrogen and oxygen atoms in total. The highest BCUT2D eigenvalue weighted by Gasteiger charge is 2.17. The standard InChI is InChI=1S/C24H22N6O2/c25-24(26)29-18-8-4-7-17(13-18)23(32)28-19-9-10-20-22(14-19)30(15-27-20)21(11-12-31)16-5-2-1-3-6-16/h1-10,12-15,21H,11H2,(H,28,32)(H4,25,26,29). The van der Waals surface area contributed by atoms with E-state index in [0.717, 1.165) is 22.9 Å². The van der Waals surface area contributed by atoms with E-state index in [1.807, 2.05) is 47.0 Å². The molecule has 0 aliphatic heterocycles. The first-order valence-corrected chi connectivity index (χ1v) is 10.0. The number of rotatable bonds is 7. The van der Waals surface area contributed by atoms with Gasteiger partial charge in [0.25, 0.3) is 5.91 Å². The van der Waals surface area contributed by atoms with Gasteiger partial charge in [0, 0.05) is 23.4 Å². The van der Waals surface area contributed by atoms with Crippen LogP contribution in [0.1, 0.15) is 28.4 Å². The Bertz CT molecular complexity index is 1280. The van der Waals surface area contributed by atoms with Crippen LogP contribution in [-0.2, 0) is 4.79 Å². The molecule has 1 atom stereocenters. The lowest BCUT2D eigenvalue weighted by Crippen LogP contribution is -2.20. The van der Waals surface area contributed by atoms with E-state index < -0.39 is 0 Å². The second kappa shape index (κ2) is 9.13. The second-order valence-electron chi connectivity index (χ2n) is 7.26. The molecule has 0 bridgehead atoms. The van der Waals surface area contributed by atoms with E-state index in [1.54, 1.807) is 36.7 Å². The quantitative estimate of drug-likeness (QED) is 0.203. The number of amides is 1. The molecule has 0 aliphatic rings. The summed E-state index contributed by atoms with van der Waals surface area (Å²) in [4.78, 5) is 28.6. The molecule has 0 spiro atoms. The van der Waals surface area contributed by atoms with E-state index in [4.69, 9.17) is 11.1 Å². The second-order valence-corrected chi connectivity index (χ2v) is 7.26. The lowest BCUT2D eigenvalue weighted by molar-refractivity contribution is -0.108. The van der Waals surface area contributed by atoms with Crippen LogP contribution in [-0.4, -0.2) is 27.7 Å². The molecule has 32 heavy (non-hydrogen) atoms. The molecule has 4 aromatic rings. The zero-order valence-electron chi connectivity index (χ0n) is 17.2. The Morgan fingerprint density at radius 1 is 1.03 bits per heavy atom. The van der Waals surface area contributed by atoms with Crippen molar-refractivity contribution in [2.24, 2.45) is 5.73 Å². The van der Waals surface area contributed by atoms with Gasteiger partial charge in [-0.1, -0.05) is 36.4 Å². The SMILES string of the molecule is N=C(N)Nc1cccc(C(=O)Nc2ccc3ncn(C(CC=O)c4ccccc4)c3c2)c1. The molecule has 160 valence electrons. The van der Waals surface area contributed by atoms with Crippen LogP contribution in [0.5, 0.6) is 0 Å². The fraction of sp³-hybridized carbons (Fsp3) is 0.0833. The topological polar surface area (TPSA) is 126 Å². The van der Waals surface area contributed by atoms with Gasteiger partial charge in [-0.25, -0.2) is 4.98 Å². The number of fused-ring (bicyclic) bond motifs is 1. The van der Waals surface area contributed by atoms with Crippen LogP contribution >= 0.6 is 0 Å². The molecular weight excluding hydrogens is 404 g/mol. The van der Waals surface area contributed by atoms with Crippen molar-refractivity contribution in [1.29, 1.82) is 5.41 Å². The minimum absolute atomic E-state index is 0.195. The summed E-state index contributed by atoms with van der Waals surface area (Å²) in [5.74, 6) is -0.500. The Kier molecular flexibility index (Phi) is 5.94. The number of benzene rings is 3. The maximum atomic E-state index is 12.8. The zero-order chi connectivity index (χ0) is 22.5. The molecule has 1 unspecified atom stereocenters. The van der Waals surface area contributed by atoms with Crippen molar-refractivity contribution in [3.8, 4) is 0 Å². The van der Waals surface area contributed by atoms with Crippen LogP contribution in [0.3, 0.4) is 0 Å². The van der Waals surface area contributed by atoms with E-state index in [9.17, 15) is 9.59 Å². The molecule has 0 fully saturated rings. The van der Waals surface area contributed by atoms with Crippen LogP contribution in [0.4, 0.5) is 11.4 Å². The van der Waals surface area contributed by atoms with E-state index in [2.05, 4.69) is 15.6 Å². The van der Waals surface area contributed by atoms with E-state index >= 15 is 0 Å². The summed E-state index contributed by atoms with van der Waals surface area (Å²) in [7, 11) is 0. The first-order chi connectivity index (χ1) is 15.5. The molecule has 1 amide bonds. The lowest BCUT2D eigenvalue weighted by Gasteiger charge is -2.18. The van der Waals surface area contributed by atoms with Gasteiger partial charge in [0.05, 0.1) is 23.4 Å². The zero-order valence-corrected chi connectivity index (χ0v) is 17.2. The van der Waals surface area contributed by atoms with Crippen LogP contribution in [0, 0.1) is 5.41 Å². The summed E-state index contributed by atoms with van der Waals surface area (Å²) in [5.41, 5.74) is 9.52. The third kappa shape index (κ3) is 4.49. The number of anilines is 2. The normalized spacial score (nSPS) is 11.6. The molecule has 0 saturated carbocycles. The van der Waals surface area contributed by atoms with Crippen LogP contribution in [0.15, 0.2) is 79.1 Å². The van der Waals surface area contributed by atoms with Gasteiger partial charge in [-0.3, -0.25) is 10.2 Å². The van der Waals surface area contributed by atoms with Gasteiger partial charge in [0.2, 0.25) is 0 Å². The van der Waals surface area contributed by atoms with Crippen LogP contribution in [0.25, 0.3) is 11.0 Å². The Morgan fingerprint density at radius 3 is 2.56 bits per heavy atom. The maximum absolute atomic E-state index is 12.8. The number of carbonyl (C=O) groups is 2. The maximum Gasteiger partial charge on any atom is 0.255 e. The monoisotopic (exact) mass is 426 g/mol. The number of nitrogens with two attached hydrogens (primary N) is 1. The number of guanidine groups is 1. The van der Waals surface area contributed by atoms with Gasteiger partial charge in [-0.2, -0.15) is 0 Å². The molecule has 3 aromatic carbocycles. The molecule has 1 aromatic heterocycles. The van der Waals surface area contributed by atoms with Gasteiger partial charge in [-0.15, -0.1) is 0 Å². The van der Waals surface area contributed by atoms with Gasteiger partial charge in [0.1, 0.15) is 6.29 Å². The van der Waals surface area contributed by atoms with Gasteiger partial charge < -0.3 is 25.7 Å². The number of imidazole rings is 1. The van der Waals surface area contributed by atoms with E-state index in [1.165, 1.54) is 0 Å². The molecule has 0 saturated heterocycles. The Balaban J connectivity index is 1.63.